The Bertz CT molecular complexity index is 786. The van der Waals surface area contributed by atoms with Crippen molar-refractivity contribution in [3.63, 3.8) is 0 Å². The van der Waals surface area contributed by atoms with Gasteiger partial charge in [0.1, 0.15) is 12.1 Å². The number of nitrogens with zero attached hydrogens (tertiary/aromatic N) is 1. The summed E-state index contributed by atoms with van der Waals surface area (Å²) in [6.07, 6.45) is -1.74. The van der Waals surface area contributed by atoms with E-state index in [1.54, 1.807) is 0 Å². The molecule has 4 amide bonds. The average Bonchev–Trinajstić information content (AvgIpc) is 2.86. The van der Waals surface area contributed by atoms with E-state index in [9.17, 15) is 27.6 Å². The van der Waals surface area contributed by atoms with Gasteiger partial charge in [-0.1, -0.05) is 19.1 Å². The lowest BCUT2D eigenvalue weighted by Crippen LogP contribution is -2.49. The standard InChI is InChI=1S/C19H22F3N3O3/c1-12-5-7-18(8-6-12)16(27)25(17(28)24-18)11-15(26)23-10-13-3-2-4-14(9-13)19(20,21)22/h2-4,9,12H,5-8,10-11H2,1H3,(H,23,26)(H,24,28). The average molecular weight is 397 g/mol. The van der Waals surface area contributed by atoms with E-state index in [2.05, 4.69) is 17.6 Å². The molecule has 2 N–H and O–H groups in total. The first-order chi connectivity index (χ1) is 13.1. The van der Waals surface area contributed by atoms with E-state index < -0.39 is 41.7 Å². The summed E-state index contributed by atoms with van der Waals surface area (Å²) >= 11 is 0. The number of carbonyl (C=O) groups excluding carboxylic acids is 3. The SMILES string of the molecule is CC1CCC2(CC1)NC(=O)N(CC(=O)NCc1cccc(C(F)(F)F)c1)C2=O. The van der Waals surface area contributed by atoms with Crippen molar-refractivity contribution in [2.75, 3.05) is 6.54 Å². The fraction of sp³-hybridized carbons (Fsp3) is 0.526. The van der Waals surface area contributed by atoms with Gasteiger partial charge >= 0.3 is 12.2 Å². The van der Waals surface area contributed by atoms with Crippen molar-refractivity contribution in [2.45, 2.75) is 50.9 Å². The van der Waals surface area contributed by atoms with Gasteiger partial charge in [0.05, 0.1) is 5.56 Å². The summed E-state index contributed by atoms with van der Waals surface area (Å²) in [5, 5.41) is 5.19. The first kappa shape index (κ1) is 20.2. The second-order valence-electron chi connectivity index (χ2n) is 7.56. The Kier molecular flexibility index (Phi) is 5.36. The summed E-state index contributed by atoms with van der Waals surface area (Å²) in [6.45, 7) is 1.50. The molecule has 0 unspecified atom stereocenters. The highest BCUT2D eigenvalue weighted by atomic mass is 19.4. The number of urea groups is 1. The van der Waals surface area contributed by atoms with Gasteiger partial charge in [0, 0.05) is 6.54 Å². The third-order valence-corrected chi connectivity index (χ3v) is 5.42. The fourth-order valence-corrected chi connectivity index (χ4v) is 3.67. The van der Waals surface area contributed by atoms with Crippen LogP contribution in [0.4, 0.5) is 18.0 Å². The number of halogens is 3. The number of alkyl halides is 3. The number of amides is 4. The zero-order chi connectivity index (χ0) is 20.5. The van der Waals surface area contributed by atoms with Gasteiger partial charge in [0.25, 0.3) is 5.91 Å². The van der Waals surface area contributed by atoms with Crippen LogP contribution >= 0.6 is 0 Å². The molecule has 3 rings (SSSR count). The molecule has 1 aromatic rings. The van der Waals surface area contributed by atoms with Gasteiger partial charge in [0.15, 0.2) is 0 Å². The third-order valence-electron chi connectivity index (χ3n) is 5.42. The second-order valence-corrected chi connectivity index (χ2v) is 7.56. The Morgan fingerprint density at radius 1 is 1.29 bits per heavy atom. The Labute approximate surface area is 160 Å². The van der Waals surface area contributed by atoms with Crippen molar-refractivity contribution in [1.82, 2.24) is 15.5 Å². The van der Waals surface area contributed by atoms with Crippen LogP contribution in [0.1, 0.15) is 43.7 Å². The lowest BCUT2D eigenvalue weighted by Gasteiger charge is -2.33. The minimum Gasteiger partial charge on any atom is -0.350 e. The van der Waals surface area contributed by atoms with Crippen molar-refractivity contribution in [1.29, 1.82) is 0 Å². The Hall–Kier alpha value is -2.58. The fourth-order valence-electron chi connectivity index (χ4n) is 3.67. The molecule has 1 heterocycles. The van der Waals surface area contributed by atoms with E-state index in [4.69, 9.17) is 0 Å². The summed E-state index contributed by atoms with van der Waals surface area (Å²) < 4.78 is 38.2. The molecular formula is C19H22F3N3O3. The molecule has 0 bridgehead atoms. The highest BCUT2D eigenvalue weighted by Crippen LogP contribution is 2.36. The number of hydrogen-bond donors (Lipinski definition) is 2. The summed E-state index contributed by atoms with van der Waals surface area (Å²) in [5.74, 6) is -0.527. The Morgan fingerprint density at radius 3 is 2.61 bits per heavy atom. The Balaban J connectivity index is 1.58. The maximum atomic E-state index is 12.7. The molecule has 0 radical (unpaired) electrons. The first-order valence-electron chi connectivity index (χ1n) is 9.18. The molecule has 2 fully saturated rings. The molecule has 152 valence electrons. The predicted octanol–water partition coefficient (Wildman–Crippen LogP) is 2.82. The largest absolute Gasteiger partial charge is 0.416 e. The summed E-state index contributed by atoms with van der Waals surface area (Å²) in [7, 11) is 0. The topological polar surface area (TPSA) is 78.5 Å². The van der Waals surface area contributed by atoms with Crippen LogP contribution in [0.2, 0.25) is 0 Å². The minimum atomic E-state index is -4.47. The van der Waals surface area contributed by atoms with Crippen molar-refractivity contribution in [2.24, 2.45) is 5.92 Å². The number of benzene rings is 1. The van der Waals surface area contributed by atoms with Crippen molar-refractivity contribution < 1.29 is 27.6 Å². The molecule has 1 aliphatic carbocycles. The van der Waals surface area contributed by atoms with Crippen LogP contribution in [-0.2, 0) is 22.3 Å². The van der Waals surface area contributed by atoms with Gasteiger partial charge in [-0.25, -0.2) is 4.79 Å². The summed E-state index contributed by atoms with van der Waals surface area (Å²) in [4.78, 5) is 37.9. The maximum absolute atomic E-state index is 12.7. The second kappa shape index (κ2) is 7.44. The molecule has 0 atom stereocenters. The quantitative estimate of drug-likeness (QED) is 0.767. The van der Waals surface area contributed by atoms with Crippen LogP contribution in [0.25, 0.3) is 0 Å². The van der Waals surface area contributed by atoms with Gasteiger partial charge in [-0.05, 0) is 49.3 Å². The van der Waals surface area contributed by atoms with E-state index in [1.165, 1.54) is 12.1 Å². The van der Waals surface area contributed by atoms with E-state index in [0.717, 1.165) is 29.9 Å². The first-order valence-corrected chi connectivity index (χ1v) is 9.18. The molecule has 1 saturated heterocycles. The smallest absolute Gasteiger partial charge is 0.350 e. The minimum absolute atomic E-state index is 0.130. The van der Waals surface area contributed by atoms with E-state index in [0.29, 0.717) is 18.8 Å². The summed E-state index contributed by atoms with van der Waals surface area (Å²) in [5.41, 5.74) is -1.45. The van der Waals surface area contributed by atoms with Crippen LogP contribution in [0, 0.1) is 5.92 Å². The van der Waals surface area contributed by atoms with Gasteiger partial charge in [0.2, 0.25) is 5.91 Å². The van der Waals surface area contributed by atoms with E-state index in [1.807, 2.05) is 0 Å². The number of rotatable bonds is 4. The van der Waals surface area contributed by atoms with Crippen LogP contribution in [0.3, 0.4) is 0 Å². The van der Waals surface area contributed by atoms with E-state index in [-0.39, 0.29) is 12.1 Å². The molecule has 28 heavy (non-hydrogen) atoms. The van der Waals surface area contributed by atoms with Crippen molar-refractivity contribution in [3.8, 4) is 0 Å². The molecule has 1 spiro atoms. The van der Waals surface area contributed by atoms with Crippen LogP contribution in [0.15, 0.2) is 24.3 Å². The van der Waals surface area contributed by atoms with Gasteiger partial charge in [-0.2, -0.15) is 13.2 Å². The zero-order valence-electron chi connectivity index (χ0n) is 15.4. The molecule has 1 saturated carbocycles. The molecule has 2 aliphatic rings. The lowest BCUT2D eigenvalue weighted by molar-refractivity contribution is -0.137. The molecule has 6 nitrogen and oxygen atoms in total. The van der Waals surface area contributed by atoms with Crippen LogP contribution in [-0.4, -0.2) is 34.8 Å². The third kappa shape index (κ3) is 4.13. The molecule has 1 aromatic carbocycles. The molecular weight excluding hydrogens is 375 g/mol. The van der Waals surface area contributed by atoms with Gasteiger partial charge < -0.3 is 10.6 Å². The molecule has 1 aliphatic heterocycles. The normalized spacial score (nSPS) is 25.1. The number of carbonyl (C=O) groups is 3. The highest BCUT2D eigenvalue weighted by molar-refractivity contribution is 6.09. The number of hydrogen-bond acceptors (Lipinski definition) is 3. The van der Waals surface area contributed by atoms with Gasteiger partial charge in [-0.15, -0.1) is 0 Å². The monoisotopic (exact) mass is 397 g/mol. The molecule has 0 aromatic heterocycles. The van der Waals surface area contributed by atoms with Crippen LogP contribution in [0.5, 0.6) is 0 Å². The number of nitrogens with one attached hydrogen (secondary N) is 2. The molecule has 9 heteroatoms. The lowest BCUT2D eigenvalue weighted by atomic mass is 9.77. The maximum Gasteiger partial charge on any atom is 0.416 e. The highest BCUT2D eigenvalue weighted by Gasteiger charge is 2.52. The van der Waals surface area contributed by atoms with E-state index >= 15 is 0 Å². The van der Waals surface area contributed by atoms with Gasteiger partial charge in [-0.3, -0.25) is 14.5 Å². The predicted molar refractivity (Wildman–Crippen MR) is 93.9 cm³/mol. The van der Waals surface area contributed by atoms with Crippen molar-refractivity contribution in [3.05, 3.63) is 35.4 Å². The van der Waals surface area contributed by atoms with Crippen LogP contribution < -0.4 is 10.6 Å². The zero-order valence-corrected chi connectivity index (χ0v) is 15.4. The summed E-state index contributed by atoms with van der Waals surface area (Å²) in [6, 6.07) is 4.01. The Morgan fingerprint density at radius 2 is 1.96 bits per heavy atom. The number of imide groups is 1. The van der Waals surface area contributed by atoms with Crippen molar-refractivity contribution >= 4 is 17.8 Å².